The molecule has 2 amide bonds. The first-order valence-corrected chi connectivity index (χ1v) is 9.51. The van der Waals surface area contributed by atoms with Crippen LogP contribution in [0, 0.1) is 0 Å². The molecule has 6 nitrogen and oxygen atoms in total. The topological polar surface area (TPSA) is 66.4 Å². The highest BCUT2D eigenvalue weighted by Gasteiger charge is 2.25. The smallest absolute Gasteiger partial charge is 0.274 e. The number of aromatic nitrogens is 2. The third-order valence-corrected chi connectivity index (χ3v) is 5.22. The van der Waals surface area contributed by atoms with Crippen molar-refractivity contribution in [2.45, 2.75) is 45.7 Å². The maximum Gasteiger partial charge on any atom is 0.274 e. The Kier molecular flexibility index (Phi) is 6.16. The predicted octanol–water partition coefficient (Wildman–Crippen LogP) is 2.69. The number of rotatable bonds is 6. The van der Waals surface area contributed by atoms with E-state index in [2.05, 4.69) is 22.1 Å². The maximum atomic E-state index is 12.8. The van der Waals surface area contributed by atoms with Gasteiger partial charge in [0.05, 0.1) is 6.20 Å². The van der Waals surface area contributed by atoms with Gasteiger partial charge in [0.15, 0.2) is 0 Å². The van der Waals surface area contributed by atoms with E-state index in [1.54, 1.807) is 11.1 Å². The van der Waals surface area contributed by atoms with E-state index in [1.165, 1.54) is 23.5 Å². The number of nitrogens with zero attached hydrogens (tertiary/aromatic N) is 4. The van der Waals surface area contributed by atoms with E-state index in [0.29, 0.717) is 25.2 Å². The molecule has 142 valence electrons. The maximum absolute atomic E-state index is 12.8. The summed E-state index contributed by atoms with van der Waals surface area (Å²) in [6.07, 6.45) is 6.55. The van der Waals surface area contributed by atoms with Crippen molar-refractivity contribution in [3.63, 3.8) is 0 Å². The normalized spacial score (nSPS) is 14.4. The summed E-state index contributed by atoms with van der Waals surface area (Å²) in [6, 6.07) is 8.30. The van der Waals surface area contributed by atoms with E-state index in [4.69, 9.17) is 0 Å². The first kappa shape index (κ1) is 19.0. The fourth-order valence-electron chi connectivity index (χ4n) is 3.38. The van der Waals surface area contributed by atoms with Crippen LogP contribution in [0.15, 0.2) is 42.9 Å². The molecule has 0 radical (unpaired) electrons. The van der Waals surface area contributed by atoms with Crippen LogP contribution in [0.4, 0.5) is 0 Å². The second-order valence-electron chi connectivity index (χ2n) is 6.93. The van der Waals surface area contributed by atoms with Crippen molar-refractivity contribution in [1.82, 2.24) is 19.8 Å². The van der Waals surface area contributed by atoms with Crippen LogP contribution in [0.25, 0.3) is 0 Å². The van der Waals surface area contributed by atoms with Crippen LogP contribution >= 0.6 is 0 Å². The lowest BCUT2D eigenvalue weighted by Gasteiger charge is -2.31. The van der Waals surface area contributed by atoms with Gasteiger partial charge in [0.2, 0.25) is 5.91 Å². The van der Waals surface area contributed by atoms with Crippen molar-refractivity contribution < 1.29 is 9.59 Å². The third-order valence-electron chi connectivity index (χ3n) is 5.22. The largest absolute Gasteiger partial charge is 0.338 e. The van der Waals surface area contributed by atoms with Crippen LogP contribution in [0.2, 0.25) is 0 Å². The highest BCUT2D eigenvalue weighted by molar-refractivity contribution is 5.92. The van der Waals surface area contributed by atoms with Crippen LogP contribution in [0.1, 0.15) is 48.3 Å². The molecule has 1 atom stereocenters. The fourth-order valence-corrected chi connectivity index (χ4v) is 3.38. The summed E-state index contributed by atoms with van der Waals surface area (Å²) in [4.78, 5) is 37.3. The summed E-state index contributed by atoms with van der Waals surface area (Å²) in [7, 11) is 0. The van der Waals surface area contributed by atoms with Gasteiger partial charge >= 0.3 is 0 Å². The van der Waals surface area contributed by atoms with Gasteiger partial charge in [0, 0.05) is 44.5 Å². The Morgan fingerprint density at radius 2 is 2.00 bits per heavy atom. The minimum absolute atomic E-state index is 0.0365. The van der Waals surface area contributed by atoms with E-state index < -0.39 is 0 Å². The molecule has 0 saturated heterocycles. The molecule has 1 unspecified atom stereocenters. The van der Waals surface area contributed by atoms with E-state index in [-0.39, 0.29) is 17.9 Å². The number of hydrogen-bond donors (Lipinski definition) is 0. The van der Waals surface area contributed by atoms with Crippen LogP contribution in [-0.4, -0.2) is 50.7 Å². The molecule has 0 fully saturated rings. The lowest BCUT2D eigenvalue weighted by Crippen LogP contribution is -2.42. The third kappa shape index (κ3) is 4.51. The van der Waals surface area contributed by atoms with Crippen molar-refractivity contribution >= 4 is 11.8 Å². The molecule has 6 heteroatoms. The number of hydrogen-bond acceptors (Lipinski definition) is 4. The van der Waals surface area contributed by atoms with Gasteiger partial charge in [0.25, 0.3) is 5.91 Å². The summed E-state index contributed by atoms with van der Waals surface area (Å²) in [6.45, 7) is 5.80. The van der Waals surface area contributed by atoms with E-state index in [9.17, 15) is 9.59 Å². The molecule has 0 bridgehead atoms. The molecule has 2 aromatic rings. The summed E-state index contributed by atoms with van der Waals surface area (Å²) < 4.78 is 0. The second-order valence-corrected chi connectivity index (χ2v) is 6.93. The molecule has 0 aliphatic carbocycles. The second kappa shape index (κ2) is 8.75. The Morgan fingerprint density at radius 1 is 1.22 bits per heavy atom. The lowest BCUT2D eigenvalue weighted by molar-refractivity contribution is -0.132. The average Bonchev–Trinajstić information content (AvgIpc) is 2.73. The number of carbonyl (C=O) groups excluding carboxylic acids is 2. The molecule has 1 aliphatic rings. The van der Waals surface area contributed by atoms with Crippen molar-refractivity contribution in [2.24, 2.45) is 0 Å². The quantitative estimate of drug-likeness (QED) is 0.788. The Bertz CT molecular complexity index is 794. The Balaban J connectivity index is 1.63. The van der Waals surface area contributed by atoms with Crippen molar-refractivity contribution in [3.8, 4) is 0 Å². The Morgan fingerprint density at radius 3 is 2.70 bits per heavy atom. The molecule has 3 rings (SSSR count). The van der Waals surface area contributed by atoms with Gasteiger partial charge in [0.1, 0.15) is 5.69 Å². The van der Waals surface area contributed by atoms with E-state index in [1.807, 2.05) is 30.9 Å². The highest BCUT2D eigenvalue weighted by Crippen LogP contribution is 2.19. The van der Waals surface area contributed by atoms with Crippen LogP contribution < -0.4 is 0 Å². The zero-order valence-corrected chi connectivity index (χ0v) is 16.0. The van der Waals surface area contributed by atoms with Gasteiger partial charge < -0.3 is 9.80 Å². The van der Waals surface area contributed by atoms with Gasteiger partial charge in [-0.2, -0.15) is 0 Å². The highest BCUT2D eigenvalue weighted by atomic mass is 16.2. The fraction of sp³-hybridized carbons (Fsp3) is 0.429. The van der Waals surface area contributed by atoms with Gasteiger partial charge in [-0.15, -0.1) is 0 Å². The molecule has 2 heterocycles. The molecular formula is C21H26N4O2. The molecule has 0 N–H and O–H groups in total. The van der Waals surface area contributed by atoms with Crippen molar-refractivity contribution in [3.05, 3.63) is 59.7 Å². The number of benzene rings is 1. The zero-order valence-electron chi connectivity index (χ0n) is 16.0. The first-order chi connectivity index (χ1) is 13.1. The van der Waals surface area contributed by atoms with Gasteiger partial charge in [-0.1, -0.05) is 31.2 Å². The van der Waals surface area contributed by atoms with Gasteiger partial charge in [-0.25, -0.2) is 4.98 Å². The Hall–Kier alpha value is -2.76. The average molecular weight is 366 g/mol. The van der Waals surface area contributed by atoms with Crippen LogP contribution in [-0.2, 0) is 17.8 Å². The Labute approximate surface area is 160 Å². The van der Waals surface area contributed by atoms with Crippen LogP contribution in [0.3, 0.4) is 0 Å². The molecule has 27 heavy (non-hydrogen) atoms. The van der Waals surface area contributed by atoms with Gasteiger partial charge in [-0.05, 0) is 30.9 Å². The standard InChI is InChI=1S/C21H26N4O2/c1-3-16(2)25(21(27)19-14-22-10-11-23-19)13-9-20(26)24-12-8-17-6-4-5-7-18(17)15-24/h4-7,10-11,14,16H,3,8-9,12-13,15H2,1-2H3. The first-order valence-electron chi connectivity index (χ1n) is 9.51. The molecule has 0 spiro atoms. The van der Waals surface area contributed by atoms with E-state index >= 15 is 0 Å². The number of fused-ring (bicyclic) bond motifs is 1. The minimum Gasteiger partial charge on any atom is -0.338 e. The van der Waals surface area contributed by atoms with Crippen molar-refractivity contribution in [2.75, 3.05) is 13.1 Å². The summed E-state index contributed by atoms with van der Waals surface area (Å²) in [5, 5.41) is 0. The monoisotopic (exact) mass is 366 g/mol. The van der Waals surface area contributed by atoms with Gasteiger partial charge in [-0.3, -0.25) is 14.6 Å². The zero-order chi connectivity index (χ0) is 19.2. The molecule has 1 aromatic heterocycles. The van der Waals surface area contributed by atoms with Crippen molar-refractivity contribution in [1.29, 1.82) is 0 Å². The molecular weight excluding hydrogens is 340 g/mol. The SMILES string of the molecule is CCC(C)N(CCC(=O)N1CCc2ccccc2C1)C(=O)c1cnccn1. The van der Waals surface area contributed by atoms with Crippen LogP contribution in [0.5, 0.6) is 0 Å². The summed E-state index contributed by atoms with van der Waals surface area (Å²) in [5.41, 5.74) is 2.85. The minimum atomic E-state index is -0.172. The molecule has 0 saturated carbocycles. The number of carbonyl (C=O) groups is 2. The predicted molar refractivity (Wildman–Crippen MR) is 103 cm³/mol. The molecule has 1 aliphatic heterocycles. The summed E-state index contributed by atoms with van der Waals surface area (Å²) >= 11 is 0. The van der Waals surface area contributed by atoms with E-state index in [0.717, 1.165) is 19.4 Å². The number of amides is 2. The lowest BCUT2D eigenvalue weighted by atomic mass is 10.00. The molecule has 1 aromatic carbocycles. The summed E-state index contributed by atoms with van der Waals surface area (Å²) in [5.74, 6) is -0.0843.